The maximum absolute atomic E-state index is 13.4. The molecule has 0 radical (unpaired) electrons. The molecule has 2 aromatic carbocycles. The van der Waals surface area contributed by atoms with Crippen LogP contribution in [-0.2, 0) is 20.8 Å². The lowest BCUT2D eigenvalue weighted by Crippen LogP contribution is -2.55. The summed E-state index contributed by atoms with van der Waals surface area (Å²) in [6, 6.07) is 12.6. The Balaban J connectivity index is 1.44. The summed E-state index contributed by atoms with van der Waals surface area (Å²) in [7, 11) is 0. The second-order valence-electron chi connectivity index (χ2n) is 11.9. The Morgan fingerprint density at radius 1 is 1.03 bits per heavy atom. The molecule has 1 saturated carbocycles. The van der Waals surface area contributed by atoms with Gasteiger partial charge in [-0.2, -0.15) is 0 Å². The summed E-state index contributed by atoms with van der Waals surface area (Å²) in [5, 5.41) is 21.5. The molecule has 4 rings (SSSR count). The van der Waals surface area contributed by atoms with Crippen molar-refractivity contribution in [3.63, 3.8) is 0 Å². The van der Waals surface area contributed by atoms with E-state index in [1.807, 2.05) is 63.2 Å². The first kappa shape index (κ1) is 28.0. The fourth-order valence-corrected chi connectivity index (χ4v) is 4.98. The van der Waals surface area contributed by atoms with Crippen molar-refractivity contribution < 1.29 is 19.5 Å². The molecule has 1 heterocycles. The maximum Gasteiger partial charge on any atom is 0.243 e. The highest BCUT2D eigenvalue weighted by atomic mass is 16.3. The van der Waals surface area contributed by atoms with Crippen LogP contribution in [0.2, 0.25) is 0 Å². The third-order valence-corrected chi connectivity index (χ3v) is 7.37. The van der Waals surface area contributed by atoms with E-state index in [4.69, 9.17) is 0 Å². The van der Waals surface area contributed by atoms with Gasteiger partial charge in [0.15, 0.2) is 0 Å². The van der Waals surface area contributed by atoms with Gasteiger partial charge >= 0.3 is 0 Å². The number of rotatable bonds is 11. The molecule has 0 bridgehead atoms. The smallest absolute Gasteiger partial charge is 0.243 e. The van der Waals surface area contributed by atoms with Gasteiger partial charge in [0.25, 0.3) is 0 Å². The summed E-state index contributed by atoms with van der Waals surface area (Å²) < 4.78 is 0. The molecule has 8 nitrogen and oxygen atoms in total. The monoisotopic (exact) mass is 522 g/mol. The maximum atomic E-state index is 13.4. The molecule has 206 valence electrons. The Kier molecular flexibility index (Phi) is 9.05. The fourth-order valence-electron chi connectivity index (χ4n) is 4.98. The van der Waals surface area contributed by atoms with Crippen LogP contribution >= 0.6 is 0 Å². The molecule has 1 saturated heterocycles. The van der Waals surface area contributed by atoms with E-state index < -0.39 is 23.6 Å². The van der Waals surface area contributed by atoms with E-state index >= 15 is 0 Å². The van der Waals surface area contributed by atoms with Gasteiger partial charge < -0.3 is 26.0 Å². The van der Waals surface area contributed by atoms with Crippen LogP contribution in [0.25, 0.3) is 10.8 Å². The minimum atomic E-state index is -0.831. The summed E-state index contributed by atoms with van der Waals surface area (Å²) in [4.78, 5) is 41.3. The molecule has 2 aliphatic rings. The van der Waals surface area contributed by atoms with E-state index in [1.165, 1.54) is 12.8 Å². The minimum Gasteiger partial charge on any atom is -0.390 e. The van der Waals surface area contributed by atoms with Gasteiger partial charge in [0, 0.05) is 31.5 Å². The first-order valence-corrected chi connectivity index (χ1v) is 13.9. The van der Waals surface area contributed by atoms with Crippen LogP contribution in [0.4, 0.5) is 0 Å². The van der Waals surface area contributed by atoms with Crippen LogP contribution in [0.1, 0.15) is 52.0 Å². The predicted octanol–water partition coefficient (Wildman–Crippen LogP) is 2.38. The van der Waals surface area contributed by atoms with Crippen molar-refractivity contribution >= 4 is 28.5 Å². The van der Waals surface area contributed by atoms with Crippen LogP contribution in [0.3, 0.4) is 0 Å². The van der Waals surface area contributed by atoms with Crippen LogP contribution in [0, 0.1) is 11.3 Å². The van der Waals surface area contributed by atoms with Gasteiger partial charge in [-0.15, -0.1) is 0 Å². The number of hydrogen-bond acceptors (Lipinski definition) is 5. The Morgan fingerprint density at radius 3 is 2.47 bits per heavy atom. The number of nitrogens with one attached hydrogen (secondary N) is 3. The van der Waals surface area contributed by atoms with Crippen molar-refractivity contribution in [1.29, 1.82) is 0 Å². The SMILES string of the molecule is CC(C)(C)C(=O)N1CCC[C@H]1C(=O)N[C@H](Cc1ccc2ccccc2c1)C(=O)NCC(O)CNCC1CC1. The van der Waals surface area contributed by atoms with E-state index in [0.29, 0.717) is 31.8 Å². The zero-order valence-electron chi connectivity index (χ0n) is 22.8. The molecule has 8 heteroatoms. The zero-order valence-corrected chi connectivity index (χ0v) is 22.8. The van der Waals surface area contributed by atoms with Gasteiger partial charge in [0.05, 0.1) is 6.10 Å². The molecule has 0 aromatic heterocycles. The molecule has 3 atom stereocenters. The van der Waals surface area contributed by atoms with Crippen LogP contribution in [0.15, 0.2) is 42.5 Å². The Labute approximate surface area is 225 Å². The Morgan fingerprint density at radius 2 is 1.76 bits per heavy atom. The first-order valence-electron chi connectivity index (χ1n) is 13.9. The van der Waals surface area contributed by atoms with E-state index in [2.05, 4.69) is 16.0 Å². The lowest BCUT2D eigenvalue weighted by molar-refractivity contribution is -0.145. The van der Waals surface area contributed by atoms with Crippen molar-refractivity contribution in [1.82, 2.24) is 20.9 Å². The summed E-state index contributed by atoms with van der Waals surface area (Å²) >= 11 is 0. The number of carbonyl (C=O) groups is 3. The largest absolute Gasteiger partial charge is 0.390 e. The van der Waals surface area contributed by atoms with Crippen molar-refractivity contribution in [2.24, 2.45) is 11.3 Å². The number of fused-ring (bicyclic) bond motifs is 1. The molecule has 0 spiro atoms. The molecule has 38 heavy (non-hydrogen) atoms. The number of likely N-dealkylation sites (tertiary alicyclic amines) is 1. The Bertz CT molecular complexity index is 1140. The Hall–Kier alpha value is -2.97. The predicted molar refractivity (Wildman–Crippen MR) is 148 cm³/mol. The molecule has 1 aliphatic carbocycles. The molecule has 2 aromatic rings. The second-order valence-corrected chi connectivity index (χ2v) is 11.9. The number of hydrogen-bond donors (Lipinski definition) is 4. The molecule has 2 fully saturated rings. The molecule has 1 unspecified atom stereocenters. The first-order chi connectivity index (χ1) is 18.1. The number of nitrogens with zero attached hydrogens (tertiary/aromatic N) is 1. The highest BCUT2D eigenvalue weighted by Crippen LogP contribution is 2.27. The molecule has 4 N–H and O–H groups in total. The molecular formula is C30H42N4O4. The summed E-state index contributed by atoms with van der Waals surface area (Å²) in [5.74, 6) is -0.0155. The van der Waals surface area contributed by atoms with Crippen LogP contribution in [0.5, 0.6) is 0 Å². The molecule has 3 amide bonds. The zero-order chi connectivity index (χ0) is 27.3. The van der Waals surface area contributed by atoms with E-state index in [0.717, 1.165) is 29.3 Å². The van der Waals surface area contributed by atoms with Gasteiger partial charge in [-0.3, -0.25) is 14.4 Å². The van der Waals surface area contributed by atoms with Crippen LogP contribution < -0.4 is 16.0 Å². The van der Waals surface area contributed by atoms with Gasteiger partial charge in [-0.25, -0.2) is 0 Å². The molecule has 1 aliphatic heterocycles. The number of amides is 3. The van der Waals surface area contributed by atoms with E-state index in [-0.39, 0.29) is 24.3 Å². The standard InChI is InChI=1S/C30H42N4O4/c1-30(2,3)29(38)34-14-6-9-26(34)28(37)33-25(16-21-12-13-22-7-4-5-8-23(22)15-21)27(36)32-19-24(35)18-31-17-20-10-11-20/h4-5,7-8,12-13,15,20,24-26,31,35H,6,9-11,14,16-19H2,1-3H3,(H,32,36)(H,33,37)/t24?,25-,26+/m1/s1. The number of carbonyl (C=O) groups excluding carboxylic acids is 3. The minimum absolute atomic E-state index is 0.0625. The van der Waals surface area contributed by atoms with Crippen LogP contribution in [-0.4, -0.2) is 72.1 Å². The van der Waals surface area contributed by atoms with E-state index in [1.54, 1.807) is 4.90 Å². The summed E-state index contributed by atoms with van der Waals surface area (Å²) in [6.07, 6.45) is 3.37. The topological polar surface area (TPSA) is 111 Å². The lowest BCUT2D eigenvalue weighted by Gasteiger charge is -2.31. The van der Waals surface area contributed by atoms with Gasteiger partial charge in [0.2, 0.25) is 17.7 Å². The van der Waals surface area contributed by atoms with Gasteiger partial charge in [-0.05, 0) is 54.5 Å². The highest BCUT2D eigenvalue weighted by molar-refractivity contribution is 5.93. The number of aliphatic hydroxyl groups excluding tert-OH is 1. The van der Waals surface area contributed by atoms with E-state index in [9.17, 15) is 19.5 Å². The quantitative estimate of drug-likeness (QED) is 0.362. The highest BCUT2D eigenvalue weighted by Gasteiger charge is 2.39. The summed E-state index contributed by atoms with van der Waals surface area (Å²) in [5.41, 5.74) is 0.332. The average molecular weight is 523 g/mol. The van der Waals surface area contributed by atoms with Crippen molar-refractivity contribution in [3.05, 3.63) is 48.0 Å². The van der Waals surface area contributed by atoms with Crippen molar-refractivity contribution in [3.8, 4) is 0 Å². The van der Waals surface area contributed by atoms with Crippen molar-refractivity contribution in [2.75, 3.05) is 26.2 Å². The lowest BCUT2D eigenvalue weighted by atomic mass is 9.94. The summed E-state index contributed by atoms with van der Waals surface area (Å²) in [6.45, 7) is 7.48. The number of benzene rings is 2. The van der Waals surface area contributed by atoms with Crippen molar-refractivity contribution in [2.45, 2.75) is 71.1 Å². The average Bonchev–Trinajstić information content (AvgIpc) is 3.58. The second kappa shape index (κ2) is 12.3. The molecular weight excluding hydrogens is 480 g/mol. The number of aliphatic hydroxyl groups is 1. The van der Waals surface area contributed by atoms with Gasteiger partial charge in [-0.1, -0.05) is 63.2 Å². The van der Waals surface area contributed by atoms with Gasteiger partial charge in [0.1, 0.15) is 12.1 Å². The third-order valence-electron chi connectivity index (χ3n) is 7.37. The third kappa shape index (κ3) is 7.54. The fraction of sp³-hybridized carbons (Fsp3) is 0.567. The normalized spacial score (nSPS) is 19.3.